The summed E-state index contributed by atoms with van der Waals surface area (Å²) < 4.78 is 39.6. The fraction of sp³-hybridized carbons (Fsp3) is 0.143. The molecule has 2 heterocycles. The zero-order chi connectivity index (χ0) is 14.3. The van der Waals surface area contributed by atoms with E-state index in [2.05, 4.69) is 10.1 Å². The molecule has 2 aromatic heterocycles. The van der Waals surface area contributed by atoms with Crippen LogP contribution in [0, 0.1) is 6.92 Å². The molecule has 102 valence electrons. The lowest BCUT2D eigenvalue weighted by atomic mass is 10.0. The number of nitrogens with zero attached hydrogens (tertiary/aromatic N) is 3. The van der Waals surface area contributed by atoms with Crippen molar-refractivity contribution in [1.29, 1.82) is 0 Å². The number of aryl methyl sites for hydroxylation is 1. The van der Waals surface area contributed by atoms with Crippen LogP contribution in [0.2, 0.25) is 0 Å². The van der Waals surface area contributed by atoms with Crippen molar-refractivity contribution in [3.05, 3.63) is 54.0 Å². The van der Waals surface area contributed by atoms with Gasteiger partial charge in [-0.15, -0.1) is 0 Å². The molecule has 20 heavy (non-hydrogen) atoms. The molecule has 0 atom stereocenters. The number of fused-ring (bicyclic) bond motifs is 1. The molecule has 0 aliphatic carbocycles. The third-order valence-corrected chi connectivity index (χ3v) is 3.13. The highest BCUT2D eigenvalue weighted by Crippen LogP contribution is 2.32. The van der Waals surface area contributed by atoms with Crippen LogP contribution in [-0.2, 0) is 6.18 Å². The Kier molecular flexibility index (Phi) is 2.74. The van der Waals surface area contributed by atoms with Crippen LogP contribution in [0.1, 0.15) is 11.3 Å². The molecule has 0 bridgehead atoms. The van der Waals surface area contributed by atoms with Gasteiger partial charge in [0.15, 0.2) is 5.65 Å². The standard InChI is InChI=1S/C14H10F3N3/c1-9-4-2-3-5-10(9)11-8-19-20-12(14(15,16)17)6-7-18-13(11)20/h2-8H,1H3. The predicted molar refractivity (Wildman–Crippen MR) is 68.2 cm³/mol. The summed E-state index contributed by atoms with van der Waals surface area (Å²) in [5, 5.41) is 3.84. The third-order valence-electron chi connectivity index (χ3n) is 3.13. The van der Waals surface area contributed by atoms with Gasteiger partial charge in [0.2, 0.25) is 0 Å². The molecule has 0 spiro atoms. The van der Waals surface area contributed by atoms with Gasteiger partial charge in [-0.1, -0.05) is 24.3 Å². The van der Waals surface area contributed by atoms with Crippen molar-refractivity contribution in [2.45, 2.75) is 13.1 Å². The molecular formula is C14H10F3N3. The van der Waals surface area contributed by atoms with Gasteiger partial charge >= 0.3 is 6.18 Å². The summed E-state index contributed by atoms with van der Waals surface area (Å²) in [4.78, 5) is 4.03. The second-order valence-electron chi connectivity index (χ2n) is 4.44. The predicted octanol–water partition coefficient (Wildman–Crippen LogP) is 3.72. The third kappa shape index (κ3) is 1.93. The zero-order valence-corrected chi connectivity index (χ0v) is 10.5. The van der Waals surface area contributed by atoms with E-state index in [4.69, 9.17) is 0 Å². The number of rotatable bonds is 1. The molecule has 0 saturated carbocycles. The van der Waals surface area contributed by atoms with Crippen molar-refractivity contribution in [2.24, 2.45) is 0 Å². The van der Waals surface area contributed by atoms with Crippen molar-refractivity contribution in [1.82, 2.24) is 14.6 Å². The number of benzene rings is 1. The van der Waals surface area contributed by atoms with Gasteiger partial charge in [0.1, 0.15) is 5.69 Å². The highest BCUT2D eigenvalue weighted by Gasteiger charge is 2.34. The van der Waals surface area contributed by atoms with E-state index in [1.807, 2.05) is 31.2 Å². The first-order chi connectivity index (χ1) is 9.48. The minimum absolute atomic E-state index is 0.203. The normalized spacial score (nSPS) is 12.0. The Morgan fingerprint density at radius 2 is 1.80 bits per heavy atom. The second kappa shape index (κ2) is 4.33. The van der Waals surface area contributed by atoms with E-state index in [-0.39, 0.29) is 5.65 Å². The Bertz CT molecular complexity index is 775. The van der Waals surface area contributed by atoms with Gasteiger partial charge in [0, 0.05) is 11.8 Å². The van der Waals surface area contributed by atoms with Crippen molar-refractivity contribution in [3.8, 4) is 11.1 Å². The Hall–Kier alpha value is -2.37. The first-order valence-electron chi connectivity index (χ1n) is 5.94. The lowest BCUT2D eigenvalue weighted by Gasteiger charge is -2.08. The van der Waals surface area contributed by atoms with Gasteiger partial charge in [-0.05, 0) is 24.1 Å². The van der Waals surface area contributed by atoms with Crippen molar-refractivity contribution >= 4 is 5.65 Å². The van der Waals surface area contributed by atoms with Crippen LogP contribution in [-0.4, -0.2) is 14.6 Å². The molecule has 0 amide bonds. The Morgan fingerprint density at radius 3 is 2.50 bits per heavy atom. The van der Waals surface area contributed by atoms with Crippen LogP contribution in [0.3, 0.4) is 0 Å². The maximum absolute atomic E-state index is 12.9. The highest BCUT2D eigenvalue weighted by atomic mass is 19.4. The molecule has 6 heteroatoms. The highest BCUT2D eigenvalue weighted by molar-refractivity contribution is 5.79. The summed E-state index contributed by atoms with van der Waals surface area (Å²) in [5.41, 5.74) is 1.75. The second-order valence-corrected chi connectivity index (χ2v) is 4.44. The van der Waals surface area contributed by atoms with Crippen molar-refractivity contribution in [2.75, 3.05) is 0 Å². The summed E-state index contributed by atoms with van der Waals surface area (Å²) in [6.07, 6.45) is -1.89. The molecule has 0 radical (unpaired) electrons. The molecular weight excluding hydrogens is 267 g/mol. The molecule has 0 aliphatic rings. The fourth-order valence-electron chi connectivity index (χ4n) is 2.17. The number of halogens is 3. The van der Waals surface area contributed by atoms with Gasteiger partial charge in [0.05, 0.1) is 6.20 Å². The molecule has 3 aromatic rings. The van der Waals surface area contributed by atoms with Crippen molar-refractivity contribution < 1.29 is 13.2 Å². The van der Waals surface area contributed by atoms with Crippen LogP contribution >= 0.6 is 0 Å². The topological polar surface area (TPSA) is 30.2 Å². The van der Waals surface area contributed by atoms with E-state index in [0.717, 1.165) is 27.9 Å². The molecule has 0 aliphatic heterocycles. The molecule has 0 unspecified atom stereocenters. The van der Waals surface area contributed by atoms with E-state index < -0.39 is 11.9 Å². The van der Waals surface area contributed by atoms with E-state index in [1.54, 1.807) is 0 Å². The van der Waals surface area contributed by atoms with Crippen LogP contribution in [0.15, 0.2) is 42.7 Å². The monoisotopic (exact) mass is 277 g/mol. The molecule has 3 nitrogen and oxygen atoms in total. The SMILES string of the molecule is Cc1ccccc1-c1cnn2c(C(F)(F)F)ccnc12. The maximum Gasteiger partial charge on any atom is 0.433 e. The molecule has 0 fully saturated rings. The van der Waals surface area contributed by atoms with Crippen LogP contribution < -0.4 is 0 Å². The molecule has 0 N–H and O–H groups in total. The summed E-state index contributed by atoms with van der Waals surface area (Å²) in [6.45, 7) is 1.90. The van der Waals surface area contributed by atoms with E-state index in [1.165, 1.54) is 6.20 Å². The van der Waals surface area contributed by atoms with Crippen LogP contribution in [0.5, 0.6) is 0 Å². The Labute approximate surface area is 112 Å². The first kappa shape index (κ1) is 12.7. The van der Waals surface area contributed by atoms with E-state index >= 15 is 0 Å². The average molecular weight is 277 g/mol. The molecule has 3 rings (SSSR count). The Balaban J connectivity index is 2.29. The largest absolute Gasteiger partial charge is 0.433 e. The van der Waals surface area contributed by atoms with Gasteiger partial charge < -0.3 is 0 Å². The van der Waals surface area contributed by atoms with Gasteiger partial charge in [-0.25, -0.2) is 9.50 Å². The minimum Gasteiger partial charge on any atom is -0.236 e. The number of aromatic nitrogens is 3. The van der Waals surface area contributed by atoms with Crippen LogP contribution in [0.25, 0.3) is 16.8 Å². The zero-order valence-electron chi connectivity index (χ0n) is 10.5. The average Bonchev–Trinajstić information content (AvgIpc) is 2.81. The lowest BCUT2D eigenvalue weighted by molar-refractivity contribution is -0.142. The number of hydrogen-bond acceptors (Lipinski definition) is 2. The Morgan fingerprint density at radius 1 is 1.05 bits per heavy atom. The van der Waals surface area contributed by atoms with Gasteiger partial charge in [-0.2, -0.15) is 18.3 Å². The summed E-state index contributed by atoms with van der Waals surface area (Å²) >= 11 is 0. The van der Waals surface area contributed by atoms with Gasteiger partial charge in [0.25, 0.3) is 0 Å². The lowest BCUT2D eigenvalue weighted by Crippen LogP contribution is -2.12. The van der Waals surface area contributed by atoms with Gasteiger partial charge in [-0.3, -0.25) is 0 Å². The summed E-state index contributed by atoms with van der Waals surface area (Å²) in [5.74, 6) is 0. The first-order valence-corrected chi connectivity index (χ1v) is 5.94. The summed E-state index contributed by atoms with van der Waals surface area (Å²) in [6, 6.07) is 8.36. The fourth-order valence-corrected chi connectivity index (χ4v) is 2.17. The van der Waals surface area contributed by atoms with Crippen LogP contribution in [0.4, 0.5) is 13.2 Å². The maximum atomic E-state index is 12.9. The number of hydrogen-bond donors (Lipinski definition) is 0. The smallest absolute Gasteiger partial charge is 0.236 e. The summed E-state index contributed by atoms with van der Waals surface area (Å²) in [7, 11) is 0. The number of alkyl halides is 3. The minimum atomic E-state index is -4.46. The molecule has 1 aromatic carbocycles. The quantitative estimate of drug-likeness (QED) is 0.678. The van der Waals surface area contributed by atoms with Crippen molar-refractivity contribution in [3.63, 3.8) is 0 Å². The molecule has 0 saturated heterocycles. The van der Waals surface area contributed by atoms with E-state index in [9.17, 15) is 13.2 Å². The van der Waals surface area contributed by atoms with E-state index in [0.29, 0.717) is 5.56 Å².